The standard InChI is InChI=1S/C15H23N3O3/c1-21-15-6-5-13(11-14(15)18(19)20)12-16-7-4-10-17-8-2-3-9-17/h5-6,11,16H,2-4,7-10,12H2,1H3. The Morgan fingerprint density at radius 1 is 1.38 bits per heavy atom. The fourth-order valence-corrected chi connectivity index (χ4v) is 2.65. The molecule has 21 heavy (non-hydrogen) atoms. The normalized spacial score (nSPS) is 15.3. The molecule has 1 aromatic rings. The molecule has 6 heteroatoms. The van der Waals surface area contributed by atoms with Gasteiger partial charge in [0.25, 0.3) is 0 Å². The molecule has 116 valence electrons. The smallest absolute Gasteiger partial charge is 0.311 e. The number of rotatable bonds is 8. The average molecular weight is 293 g/mol. The van der Waals surface area contributed by atoms with Gasteiger partial charge in [0.2, 0.25) is 0 Å². The third-order valence-electron chi connectivity index (χ3n) is 3.80. The Bertz CT molecular complexity index is 473. The Kier molecular flexibility index (Phi) is 5.95. The summed E-state index contributed by atoms with van der Waals surface area (Å²) in [7, 11) is 1.44. The van der Waals surface area contributed by atoms with Crippen LogP contribution < -0.4 is 10.1 Å². The van der Waals surface area contributed by atoms with E-state index < -0.39 is 4.92 Å². The quantitative estimate of drug-likeness (QED) is 0.452. The van der Waals surface area contributed by atoms with Gasteiger partial charge < -0.3 is 15.0 Å². The summed E-state index contributed by atoms with van der Waals surface area (Å²) in [6.07, 6.45) is 3.75. The van der Waals surface area contributed by atoms with E-state index in [0.717, 1.165) is 25.1 Å². The Morgan fingerprint density at radius 2 is 2.14 bits per heavy atom. The van der Waals surface area contributed by atoms with Crippen LogP contribution in [0.2, 0.25) is 0 Å². The van der Waals surface area contributed by atoms with Gasteiger partial charge in [0, 0.05) is 12.6 Å². The maximum Gasteiger partial charge on any atom is 0.311 e. The van der Waals surface area contributed by atoms with Crippen LogP contribution in [0.25, 0.3) is 0 Å². The summed E-state index contributed by atoms with van der Waals surface area (Å²) in [6, 6.07) is 5.09. The molecule has 1 aliphatic heterocycles. The predicted octanol–water partition coefficient (Wildman–Crippen LogP) is 2.18. The van der Waals surface area contributed by atoms with E-state index in [2.05, 4.69) is 10.2 Å². The minimum Gasteiger partial charge on any atom is -0.490 e. The van der Waals surface area contributed by atoms with Gasteiger partial charge in [-0.25, -0.2) is 0 Å². The summed E-state index contributed by atoms with van der Waals surface area (Å²) >= 11 is 0. The summed E-state index contributed by atoms with van der Waals surface area (Å²) < 4.78 is 4.99. The van der Waals surface area contributed by atoms with E-state index in [1.54, 1.807) is 12.1 Å². The number of nitrogens with zero attached hydrogens (tertiary/aromatic N) is 2. The summed E-state index contributed by atoms with van der Waals surface area (Å²) in [4.78, 5) is 13.0. The molecular weight excluding hydrogens is 270 g/mol. The Labute approximate surface area is 125 Å². The van der Waals surface area contributed by atoms with Gasteiger partial charge in [-0.1, -0.05) is 6.07 Å². The number of methoxy groups -OCH3 is 1. The second kappa shape index (κ2) is 7.95. The molecule has 0 spiro atoms. The van der Waals surface area contributed by atoms with E-state index >= 15 is 0 Å². The highest BCUT2D eigenvalue weighted by Gasteiger charge is 2.15. The second-order valence-electron chi connectivity index (χ2n) is 5.34. The topological polar surface area (TPSA) is 67.6 Å². The van der Waals surface area contributed by atoms with Crippen molar-refractivity contribution in [2.24, 2.45) is 0 Å². The molecule has 0 unspecified atom stereocenters. The molecule has 1 heterocycles. The van der Waals surface area contributed by atoms with E-state index in [9.17, 15) is 10.1 Å². The van der Waals surface area contributed by atoms with Gasteiger partial charge in [-0.05, 0) is 57.1 Å². The first-order chi connectivity index (χ1) is 10.2. The minimum absolute atomic E-state index is 0.0221. The van der Waals surface area contributed by atoms with Gasteiger partial charge in [0.1, 0.15) is 0 Å². The summed E-state index contributed by atoms with van der Waals surface area (Å²) in [5.74, 6) is 0.304. The second-order valence-corrected chi connectivity index (χ2v) is 5.34. The van der Waals surface area contributed by atoms with E-state index in [0.29, 0.717) is 12.3 Å². The van der Waals surface area contributed by atoms with Crippen molar-refractivity contribution in [1.29, 1.82) is 0 Å². The zero-order valence-electron chi connectivity index (χ0n) is 12.5. The van der Waals surface area contributed by atoms with Crippen LogP contribution in [0.5, 0.6) is 5.75 Å². The van der Waals surface area contributed by atoms with Crippen LogP contribution in [0.1, 0.15) is 24.8 Å². The maximum absolute atomic E-state index is 11.0. The van der Waals surface area contributed by atoms with Crippen molar-refractivity contribution in [2.45, 2.75) is 25.8 Å². The third-order valence-corrected chi connectivity index (χ3v) is 3.80. The predicted molar refractivity (Wildman–Crippen MR) is 81.6 cm³/mol. The highest BCUT2D eigenvalue weighted by atomic mass is 16.6. The van der Waals surface area contributed by atoms with Crippen LogP contribution in [0, 0.1) is 10.1 Å². The average Bonchev–Trinajstić information content (AvgIpc) is 3.00. The van der Waals surface area contributed by atoms with Crippen LogP contribution >= 0.6 is 0 Å². The van der Waals surface area contributed by atoms with Gasteiger partial charge in [0.15, 0.2) is 5.75 Å². The van der Waals surface area contributed by atoms with Gasteiger partial charge in [0.05, 0.1) is 12.0 Å². The van der Waals surface area contributed by atoms with Crippen molar-refractivity contribution >= 4 is 5.69 Å². The highest BCUT2D eigenvalue weighted by molar-refractivity contribution is 5.48. The van der Waals surface area contributed by atoms with E-state index in [-0.39, 0.29) is 5.69 Å². The lowest BCUT2D eigenvalue weighted by molar-refractivity contribution is -0.385. The van der Waals surface area contributed by atoms with E-state index in [4.69, 9.17) is 4.74 Å². The SMILES string of the molecule is COc1ccc(CNCCCN2CCCC2)cc1[N+](=O)[O-]. The van der Waals surface area contributed by atoms with Crippen molar-refractivity contribution in [2.75, 3.05) is 33.3 Å². The Morgan fingerprint density at radius 3 is 2.81 bits per heavy atom. The van der Waals surface area contributed by atoms with Gasteiger partial charge >= 0.3 is 5.69 Å². The molecule has 6 nitrogen and oxygen atoms in total. The Hall–Kier alpha value is -1.66. The lowest BCUT2D eigenvalue weighted by Gasteiger charge is -2.14. The molecule has 1 aliphatic rings. The molecule has 1 fully saturated rings. The summed E-state index contributed by atoms with van der Waals surface area (Å²) in [5.41, 5.74) is 0.928. The first kappa shape index (κ1) is 15.7. The molecule has 0 atom stereocenters. The molecule has 0 bridgehead atoms. The number of nitro benzene ring substituents is 1. The number of hydrogen-bond acceptors (Lipinski definition) is 5. The first-order valence-electron chi connectivity index (χ1n) is 7.45. The monoisotopic (exact) mass is 293 g/mol. The number of likely N-dealkylation sites (tertiary alicyclic amines) is 1. The van der Waals surface area contributed by atoms with Crippen LogP contribution in [0.15, 0.2) is 18.2 Å². The zero-order valence-corrected chi connectivity index (χ0v) is 12.5. The number of ether oxygens (including phenoxy) is 1. The summed E-state index contributed by atoms with van der Waals surface area (Å²) in [6.45, 7) is 5.16. The number of hydrogen-bond donors (Lipinski definition) is 1. The summed E-state index contributed by atoms with van der Waals surface area (Å²) in [5, 5.41) is 14.3. The molecule has 0 aromatic heterocycles. The van der Waals surface area contributed by atoms with Crippen molar-refractivity contribution in [3.8, 4) is 5.75 Å². The van der Waals surface area contributed by atoms with Crippen LogP contribution in [-0.4, -0.2) is 43.1 Å². The van der Waals surface area contributed by atoms with Crippen molar-refractivity contribution < 1.29 is 9.66 Å². The molecule has 0 amide bonds. The molecule has 0 saturated carbocycles. The molecule has 0 radical (unpaired) electrons. The molecule has 2 rings (SSSR count). The largest absolute Gasteiger partial charge is 0.490 e. The third kappa shape index (κ3) is 4.68. The molecule has 1 aromatic carbocycles. The molecule has 1 N–H and O–H groups in total. The number of nitrogens with one attached hydrogen (secondary N) is 1. The number of nitro groups is 1. The van der Waals surface area contributed by atoms with E-state index in [1.807, 2.05) is 6.07 Å². The molecular formula is C15H23N3O3. The lowest BCUT2D eigenvalue weighted by atomic mass is 10.2. The van der Waals surface area contributed by atoms with Crippen molar-refractivity contribution in [3.63, 3.8) is 0 Å². The van der Waals surface area contributed by atoms with Crippen LogP contribution in [-0.2, 0) is 6.54 Å². The maximum atomic E-state index is 11.0. The fourth-order valence-electron chi connectivity index (χ4n) is 2.65. The fraction of sp³-hybridized carbons (Fsp3) is 0.600. The van der Waals surface area contributed by atoms with E-state index in [1.165, 1.54) is 33.0 Å². The van der Waals surface area contributed by atoms with Gasteiger partial charge in [-0.3, -0.25) is 10.1 Å². The molecule has 1 saturated heterocycles. The van der Waals surface area contributed by atoms with Crippen LogP contribution in [0.3, 0.4) is 0 Å². The van der Waals surface area contributed by atoms with Crippen molar-refractivity contribution in [1.82, 2.24) is 10.2 Å². The van der Waals surface area contributed by atoms with Gasteiger partial charge in [-0.2, -0.15) is 0 Å². The lowest BCUT2D eigenvalue weighted by Crippen LogP contribution is -2.24. The minimum atomic E-state index is -0.407. The molecule has 0 aliphatic carbocycles. The number of benzene rings is 1. The first-order valence-corrected chi connectivity index (χ1v) is 7.45. The zero-order chi connectivity index (χ0) is 15.1. The van der Waals surface area contributed by atoms with Crippen LogP contribution in [0.4, 0.5) is 5.69 Å². The Balaban J connectivity index is 1.74. The highest BCUT2D eigenvalue weighted by Crippen LogP contribution is 2.27. The van der Waals surface area contributed by atoms with Gasteiger partial charge in [-0.15, -0.1) is 0 Å². The van der Waals surface area contributed by atoms with Crippen molar-refractivity contribution in [3.05, 3.63) is 33.9 Å².